The number of methoxy groups -OCH3 is 2. The van der Waals surface area contributed by atoms with Gasteiger partial charge in [-0.1, -0.05) is 31.2 Å². The van der Waals surface area contributed by atoms with Gasteiger partial charge in [-0.2, -0.15) is 0 Å². The average Bonchev–Trinajstić information content (AvgIpc) is 2.66. The highest BCUT2D eigenvalue weighted by molar-refractivity contribution is 5.75. The van der Waals surface area contributed by atoms with Gasteiger partial charge in [-0.15, -0.1) is 0 Å². The van der Waals surface area contributed by atoms with Gasteiger partial charge in [0, 0.05) is 27.8 Å². The zero-order valence-electron chi connectivity index (χ0n) is 16.6. The number of hydrogen-bond donors (Lipinski definition) is 1. The molecule has 0 spiro atoms. The Bertz CT molecular complexity index is 506. The highest BCUT2D eigenvalue weighted by Crippen LogP contribution is 2.06. The summed E-state index contributed by atoms with van der Waals surface area (Å²) in [6.07, 6.45) is 1.95. The molecule has 1 aromatic rings. The van der Waals surface area contributed by atoms with Crippen LogP contribution in [0.15, 0.2) is 24.3 Å². The van der Waals surface area contributed by atoms with Crippen LogP contribution in [-0.4, -0.2) is 64.7 Å². The average molecular weight is 367 g/mol. The summed E-state index contributed by atoms with van der Waals surface area (Å²) in [6, 6.07) is 8.54. The van der Waals surface area contributed by atoms with E-state index in [1.54, 1.807) is 26.2 Å². The fourth-order valence-corrected chi connectivity index (χ4v) is 2.52. The van der Waals surface area contributed by atoms with Gasteiger partial charge >= 0.3 is 0 Å². The molecule has 0 bridgehead atoms. The molecule has 26 heavy (non-hydrogen) atoms. The van der Waals surface area contributed by atoms with E-state index in [4.69, 9.17) is 14.2 Å². The molecule has 0 aliphatic heterocycles. The van der Waals surface area contributed by atoms with Gasteiger partial charge in [0.2, 0.25) is 5.91 Å². The second kappa shape index (κ2) is 13.7. The van der Waals surface area contributed by atoms with Crippen molar-refractivity contribution < 1.29 is 19.0 Å². The molecule has 6 nitrogen and oxygen atoms in total. The highest BCUT2D eigenvalue weighted by atomic mass is 16.7. The first kappa shape index (κ1) is 22.6. The van der Waals surface area contributed by atoms with Crippen LogP contribution in [-0.2, 0) is 32.0 Å². The molecule has 0 aliphatic rings. The lowest BCUT2D eigenvalue weighted by molar-refractivity contribution is -0.143. The molecule has 6 heteroatoms. The van der Waals surface area contributed by atoms with E-state index in [0.717, 1.165) is 25.9 Å². The lowest BCUT2D eigenvalue weighted by Gasteiger charge is -2.22. The zero-order valence-corrected chi connectivity index (χ0v) is 16.6. The van der Waals surface area contributed by atoms with Crippen molar-refractivity contribution in [2.75, 3.05) is 47.6 Å². The van der Waals surface area contributed by atoms with Gasteiger partial charge in [0.05, 0.1) is 26.2 Å². The number of likely N-dealkylation sites (N-methyl/N-ethyl adjacent to an activating group) is 1. The molecule has 1 aromatic carbocycles. The Morgan fingerprint density at radius 2 is 1.92 bits per heavy atom. The summed E-state index contributed by atoms with van der Waals surface area (Å²) in [5.41, 5.74) is 2.55. The Labute approximate surface area is 157 Å². The quantitative estimate of drug-likeness (QED) is 0.404. The first-order valence-electron chi connectivity index (χ1n) is 9.26. The maximum atomic E-state index is 12.0. The molecule has 148 valence electrons. The third-order valence-corrected chi connectivity index (χ3v) is 4.12. The molecule has 1 rings (SSSR count). The minimum absolute atomic E-state index is 0.0214. The smallest absolute Gasteiger partial charge is 0.224 e. The third kappa shape index (κ3) is 9.29. The van der Waals surface area contributed by atoms with E-state index in [1.807, 2.05) is 0 Å². The number of hydrogen-bond acceptors (Lipinski definition) is 5. The first-order chi connectivity index (χ1) is 12.6. The minimum Gasteiger partial charge on any atom is -0.381 e. The van der Waals surface area contributed by atoms with E-state index in [2.05, 4.69) is 36.5 Å². The molecular weight excluding hydrogens is 332 g/mol. The molecule has 1 N–H and O–H groups in total. The van der Waals surface area contributed by atoms with E-state index in [0.29, 0.717) is 26.2 Å². The summed E-state index contributed by atoms with van der Waals surface area (Å²) in [5.74, 6) is 0.0214. The van der Waals surface area contributed by atoms with E-state index in [9.17, 15) is 4.79 Å². The topological polar surface area (TPSA) is 60.0 Å². The number of nitrogens with zero attached hydrogens (tertiary/aromatic N) is 1. The van der Waals surface area contributed by atoms with Crippen LogP contribution >= 0.6 is 0 Å². The molecular formula is C20H34N2O4. The summed E-state index contributed by atoms with van der Waals surface area (Å²) in [4.78, 5) is 13.6. The van der Waals surface area contributed by atoms with E-state index in [1.165, 1.54) is 11.1 Å². The summed E-state index contributed by atoms with van der Waals surface area (Å²) in [7, 11) is 4.86. The van der Waals surface area contributed by atoms with Gasteiger partial charge in [-0.3, -0.25) is 4.79 Å². The van der Waals surface area contributed by atoms with E-state index >= 15 is 0 Å². The Hall–Kier alpha value is -1.47. The molecule has 0 saturated heterocycles. The van der Waals surface area contributed by atoms with Crippen molar-refractivity contribution in [3.8, 4) is 0 Å². The van der Waals surface area contributed by atoms with Gasteiger partial charge in [-0.05, 0) is 30.5 Å². The lowest BCUT2D eigenvalue weighted by Crippen LogP contribution is -2.36. The summed E-state index contributed by atoms with van der Waals surface area (Å²) in [6.45, 7) is 5.53. The molecule has 0 fully saturated rings. The number of carbonyl (C=O) groups excluding carboxylic acids is 1. The SMILES string of the molecule is CCCNCc1cccc(CCOCCC(=O)N(C)CC(OC)OC)c1. The van der Waals surface area contributed by atoms with Crippen molar-refractivity contribution in [3.05, 3.63) is 35.4 Å². The van der Waals surface area contributed by atoms with Crippen LogP contribution in [0, 0.1) is 0 Å². The highest BCUT2D eigenvalue weighted by Gasteiger charge is 2.14. The van der Waals surface area contributed by atoms with Crippen LogP contribution in [0.2, 0.25) is 0 Å². The predicted octanol–water partition coefficient (Wildman–Crippen LogP) is 2.21. The van der Waals surface area contributed by atoms with Crippen molar-refractivity contribution in [2.45, 2.75) is 39.0 Å². The molecule has 0 atom stereocenters. The zero-order chi connectivity index (χ0) is 19.2. The predicted molar refractivity (Wildman–Crippen MR) is 103 cm³/mol. The fraction of sp³-hybridized carbons (Fsp3) is 0.650. The molecule has 0 aliphatic carbocycles. The van der Waals surface area contributed by atoms with Gasteiger partial charge < -0.3 is 24.4 Å². The van der Waals surface area contributed by atoms with Crippen molar-refractivity contribution in [3.63, 3.8) is 0 Å². The summed E-state index contributed by atoms with van der Waals surface area (Å²) < 4.78 is 15.8. The standard InChI is InChI=1S/C20H34N2O4/c1-5-11-21-15-18-8-6-7-17(14-18)9-12-26-13-10-19(23)22(2)16-20(24-3)25-4/h6-8,14,20-21H,5,9-13,15-16H2,1-4H3. The van der Waals surface area contributed by atoms with Crippen LogP contribution in [0.25, 0.3) is 0 Å². The Morgan fingerprint density at radius 3 is 2.62 bits per heavy atom. The maximum absolute atomic E-state index is 12.0. The van der Waals surface area contributed by atoms with Crippen LogP contribution in [0.3, 0.4) is 0 Å². The van der Waals surface area contributed by atoms with E-state index in [-0.39, 0.29) is 5.91 Å². The Balaban J connectivity index is 2.22. The molecule has 0 unspecified atom stereocenters. The first-order valence-corrected chi connectivity index (χ1v) is 9.26. The van der Waals surface area contributed by atoms with Crippen molar-refractivity contribution in [1.29, 1.82) is 0 Å². The second-order valence-corrected chi connectivity index (χ2v) is 6.28. The van der Waals surface area contributed by atoms with Crippen molar-refractivity contribution >= 4 is 5.91 Å². The van der Waals surface area contributed by atoms with Gasteiger partial charge in [0.25, 0.3) is 0 Å². The molecule has 1 amide bonds. The van der Waals surface area contributed by atoms with E-state index < -0.39 is 6.29 Å². The van der Waals surface area contributed by atoms with Crippen LogP contribution in [0.5, 0.6) is 0 Å². The van der Waals surface area contributed by atoms with Crippen LogP contribution in [0.4, 0.5) is 0 Å². The third-order valence-electron chi connectivity index (χ3n) is 4.12. The van der Waals surface area contributed by atoms with Gasteiger partial charge in [0.15, 0.2) is 6.29 Å². The Morgan fingerprint density at radius 1 is 1.19 bits per heavy atom. The van der Waals surface area contributed by atoms with Crippen LogP contribution in [0.1, 0.15) is 30.9 Å². The van der Waals surface area contributed by atoms with Gasteiger partial charge in [0.1, 0.15) is 0 Å². The largest absolute Gasteiger partial charge is 0.381 e. The van der Waals surface area contributed by atoms with Crippen LogP contribution < -0.4 is 5.32 Å². The number of rotatable bonds is 14. The normalized spacial score (nSPS) is 11.1. The number of carbonyl (C=O) groups is 1. The molecule has 0 heterocycles. The van der Waals surface area contributed by atoms with Crippen molar-refractivity contribution in [1.82, 2.24) is 10.2 Å². The number of amides is 1. The number of ether oxygens (including phenoxy) is 3. The molecule has 0 saturated carbocycles. The van der Waals surface area contributed by atoms with Crippen molar-refractivity contribution in [2.24, 2.45) is 0 Å². The molecule has 0 aromatic heterocycles. The Kier molecular flexibility index (Phi) is 11.9. The fourth-order valence-electron chi connectivity index (χ4n) is 2.52. The molecule has 0 radical (unpaired) electrons. The minimum atomic E-state index is -0.399. The maximum Gasteiger partial charge on any atom is 0.224 e. The van der Waals surface area contributed by atoms with Gasteiger partial charge in [-0.25, -0.2) is 0 Å². The number of nitrogens with one attached hydrogen (secondary N) is 1. The lowest BCUT2D eigenvalue weighted by atomic mass is 10.1. The second-order valence-electron chi connectivity index (χ2n) is 6.28. The summed E-state index contributed by atoms with van der Waals surface area (Å²) in [5, 5.41) is 3.41. The number of benzene rings is 1. The summed E-state index contributed by atoms with van der Waals surface area (Å²) >= 11 is 0. The monoisotopic (exact) mass is 366 g/mol.